The Hall–Kier alpha value is -2.33. The second kappa shape index (κ2) is 6.90. The topological polar surface area (TPSA) is 55.4 Å². The number of carbonyl (C=O) groups is 2. The number of rotatable bonds is 5. The first-order valence-electron chi connectivity index (χ1n) is 6.32. The third kappa shape index (κ3) is 4.07. The lowest BCUT2D eigenvalue weighted by atomic mass is 10.1. The van der Waals surface area contributed by atoms with Crippen molar-refractivity contribution in [2.45, 2.75) is 6.42 Å². The lowest BCUT2D eigenvalue weighted by molar-refractivity contribution is -0.115. The fraction of sp³-hybridized carbons (Fsp3) is 0.125. The minimum Gasteiger partial charge on any atom is -0.495 e. The van der Waals surface area contributed by atoms with Crippen molar-refractivity contribution in [1.29, 1.82) is 0 Å². The zero-order valence-corrected chi connectivity index (χ0v) is 12.2. The summed E-state index contributed by atoms with van der Waals surface area (Å²) in [6.45, 7) is 0. The number of carbonyl (C=O) groups excluding carboxylic acids is 2. The number of ketones is 1. The molecule has 0 bridgehead atoms. The van der Waals surface area contributed by atoms with Crippen molar-refractivity contribution in [1.82, 2.24) is 0 Å². The smallest absolute Gasteiger partial charge is 0.232 e. The van der Waals surface area contributed by atoms with Gasteiger partial charge < -0.3 is 10.1 Å². The summed E-state index contributed by atoms with van der Waals surface area (Å²) in [4.78, 5) is 23.9. The van der Waals surface area contributed by atoms with E-state index in [1.165, 1.54) is 7.11 Å². The number of hydrogen-bond donors (Lipinski definition) is 1. The Morgan fingerprint density at radius 3 is 2.52 bits per heavy atom. The zero-order chi connectivity index (χ0) is 15.2. The number of Topliss-reactive ketones (excluding diaryl/α,β-unsaturated/α-hetero) is 1. The number of methoxy groups -OCH3 is 1. The molecule has 2 rings (SSSR count). The molecule has 2 aromatic carbocycles. The van der Waals surface area contributed by atoms with E-state index in [0.717, 1.165) is 0 Å². The van der Waals surface area contributed by atoms with Gasteiger partial charge in [0.25, 0.3) is 0 Å². The van der Waals surface area contributed by atoms with Crippen LogP contribution in [0.5, 0.6) is 5.75 Å². The van der Waals surface area contributed by atoms with Crippen LogP contribution in [0.4, 0.5) is 5.69 Å². The maximum atomic E-state index is 11.9. The molecule has 0 spiro atoms. The highest BCUT2D eigenvalue weighted by molar-refractivity contribution is 6.30. The predicted molar refractivity (Wildman–Crippen MR) is 82.0 cm³/mol. The lowest BCUT2D eigenvalue weighted by Gasteiger charge is -2.10. The van der Waals surface area contributed by atoms with Crippen LogP contribution in [0.3, 0.4) is 0 Å². The van der Waals surface area contributed by atoms with Crippen molar-refractivity contribution in [3.8, 4) is 5.75 Å². The Morgan fingerprint density at radius 2 is 1.86 bits per heavy atom. The summed E-state index contributed by atoms with van der Waals surface area (Å²) >= 11 is 5.85. The maximum absolute atomic E-state index is 11.9. The van der Waals surface area contributed by atoms with Crippen molar-refractivity contribution >= 4 is 29.0 Å². The van der Waals surface area contributed by atoms with Crippen LogP contribution in [0.1, 0.15) is 16.8 Å². The summed E-state index contributed by atoms with van der Waals surface area (Å²) in [5.74, 6) is -0.187. The second-order valence-electron chi connectivity index (χ2n) is 4.36. The van der Waals surface area contributed by atoms with Crippen molar-refractivity contribution in [3.05, 3.63) is 59.1 Å². The van der Waals surface area contributed by atoms with Crippen molar-refractivity contribution in [2.24, 2.45) is 0 Å². The first kappa shape index (κ1) is 15.1. The van der Waals surface area contributed by atoms with Crippen LogP contribution in [-0.2, 0) is 4.79 Å². The summed E-state index contributed by atoms with van der Waals surface area (Å²) in [6, 6.07) is 13.5. The molecule has 1 amide bonds. The number of amides is 1. The summed E-state index contributed by atoms with van der Waals surface area (Å²) in [7, 11) is 1.48. The molecular formula is C16H14ClNO3. The molecule has 0 aromatic heterocycles. The molecule has 0 saturated carbocycles. The van der Waals surface area contributed by atoms with Gasteiger partial charge in [-0.25, -0.2) is 0 Å². The molecule has 0 heterocycles. The number of ether oxygens (including phenoxy) is 1. The number of benzene rings is 2. The molecule has 1 N–H and O–H groups in total. The predicted octanol–water partition coefficient (Wildman–Crippen LogP) is 3.56. The first-order chi connectivity index (χ1) is 10.1. The summed E-state index contributed by atoms with van der Waals surface area (Å²) in [5, 5.41) is 3.15. The quantitative estimate of drug-likeness (QED) is 0.679. The van der Waals surface area contributed by atoms with Gasteiger partial charge in [-0.2, -0.15) is 0 Å². The number of halogens is 1. The van der Waals surface area contributed by atoms with Crippen LogP contribution in [-0.4, -0.2) is 18.8 Å². The first-order valence-corrected chi connectivity index (χ1v) is 6.69. The van der Waals surface area contributed by atoms with Gasteiger partial charge in [0, 0.05) is 16.7 Å². The van der Waals surface area contributed by atoms with Gasteiger partial charge in [-0.15, -0.1) is 0 Å². The van der Waals surface area contributed by atoms with Gasteiger partial charge in [-0.1, -0.05) is 41.9 Å². The average Bonchev–Trinajstić information content (AvgIpc) is 2.49. The Kier molecular flexibility index (Phi) is 4.95. The normalized spacial score (nSPS) is 10.0. The third-order valence-electron chi connectivity index (χ3n) is 2.85. The Morgan fingerprint density at radius 1 is 1.14 bits per heavy atom. The summed E-state index contributed by atoms with van der Waals surface area (Å²) in [6.07, 6.45) is -0.226. The summed E-state index contributed by atoms with van der Waals surface area (Å²) in [5.41, 5.74) is 0.989. The molecule has 5 heteroatoms. The van der Waals surface area contributed by atoms with Gasteiger partial charge in [-0.3, -0.25) is 9.59 Å². The Bertz CT molecular complexity index is 656. The minimum atomic E-state index is -0.399. The Labute approximate surface area is 127 Å². The monoisotopic (exact) mass is 303 g/mol. The minimum absolute atomic E-state index is 0.226. The van der Waals surface area contributed by atoms with Gasteiger partial charge in [0.15, 0.2) is 5.78 Å². The molecule has 0 unspecified atom stereocenters. The molecule has 0 saturated heterocycles. The second-order valence-corrected chi connectivity index (χ2v) is 4.80. The van der Waals surface area contributed by atoms with Crippen LogP contribution in [0.15, 0.2) is 48.5 Å². The number of anilines is 1. The van der Waals surface area contributed by atoms with Gasteiger partial charge >= 0.3 is 0 Å². The zero-order valence-electron chi connectivity index (χ0n) is 11.4. The molecule has 4 nitrogen and oxygen atoms in total. The van der Waals surface area contributed by atoms with Crippen molar-refractivity contribution in [3.63, 3.8) is 0 Å². The molecule has 0 radical (unpaired) electrons. The van der Waals surface area contributed by atoms with Crippen LogP contribution in [0, 0.1) is 0 Å². The highest BCUT2D eigenvalue weighted by Gasteiger charge is 2.13. The number of nitrogens with one attached hydrogen (secondary N) is 1. The maximum Gasteiger partial charge on any atom is 0.232 e. The van der Waals surface area contributed by atoms with Crippen molar-refractivity contribution in [2.75, 3.05) is 12.4 Å². The highest BCUT2D eigenvalue weighted by atomic mass is 35.5. The fourth-order valence-electron chi connectivity index (χ4n) is 1.83. The molecule has 0 aliphatic heterocycles. The van der Waals surface area contributed by atoms with E-state index in [-0.39, 0.29) is 12.2 Å². The molecule has 0 atom stereocenters. The lowest BCUT2D eigenvalue weighted by Crippen LogP contribution is -2.17. The van der Waals surface area contributed by atoms with E-state index in [4.69, 9.17) is 16.3 Å². The van der Waals surface area contributed by atoms with E-state index in [2.05, 4.69) is 5.32 Å². The molecule has 0 fully saturated rings. The van der Waals surface area contributed by atoms with Crippen LogP contribution >= 0.6 is 11.6 Å². The highest BCUT2D eigenvalue weighted by Crippen LogP contribution is 2.27. The van der Waals surface area contributed by atoms with E-state index in [1.807, 2.05) is 6.07 Å². The van der Waals surface area contributed by atoms with Gasteiger partial charge in [0.2, 0.25) is 5.91 Å². The van der Waals surface area contributed by atoms with E-state index >= 15 is 0 Å². The van der Waals surface area contributed by atoms with E-state index in [0.29, 0.717) is 22.0 Å². The van der Waals surface area contributed by atoms with E-state index in [1.54, 1.807) is 42.5 Å². The molecule has 108 valence electrons. The Balaban J connectivity index is 2.04. The number of hydrogen-bond acceptors (Lipinski definition) is 3. The van der Waals surface area contributed by atoms with Gasteiger partial charge in [0.1, 0.15) is 5.75 Å². The van der Waals surface area contributed by atoms with Crippen molar-refractivity contribution < 1.29 is 14.3 Å². The molecule has 0 aliphatic rings. The fourth-order valence-corrected chi connectivity index (χ4v) is 2.00. The average molecular weight is 304 g/mol. The van der Waals surface area contributed by atoms with E-state index < -0.39 is 5.91 Å². The molecule has 21 heavy (non-hydrogen) atoms. The molecule has 2 aromatic rings. The van der Waals surface area contributed by atoms with Crippen LogP contribution < -0.4 is 10.1 Å². The third-order valence-corrected chi connectivity index (χ3v) is 3.09. The van der Waals surface area contributed by atoms with Gasteiger partial charge in [0.05, 0.1) is 19.2 Å². The van der Waals surface area contributed by atoms with E-state index in [9.17, 15) is 9.59 Å². The molecular weight excluding hydrogens is 290 g/mol. The van der Waals surface area contributed by atoms with Crippen LogP contribution in [0.25, 0.3) is 0 Å². The largest absolute Gasteiger partial charge is 0.495 e. The molecule has 0 aliphatic carbocycles. The van der Waals surface area contributed by atoms with Crippen LogP contribution in [0.2, 0.25) is 5.02 Å². The SMILES string of the molecule is COc1cc(Cl)ccc1NC(=O)CC(=O)c1ccccc1. The van der Waals surface area contributed by atoms with Gasteiger partial charge in [-0.05, 0) is 12.1 Å². The summed E-state index contributed by atoms with van der Waals surface area (Å²) < 4.78 is 5.13. The standard InChI is InChI=1S/C16H14ClNO3/c1-21-15-9-12(17)7-8-13(15)18-16(20)10-14(19)11-5-3-2-4-6-11/h2-9H,10H2,1H3,(H,18,20).